The van der Waals surface area contributed by atoms with Crippen LogP contribution < -0.4 is 5.32 Å². The molecule has 1 heterocycles. The van der Waals surface area contributed by atoms with Crippen molar-refractivity contribution in [2.24, 2.45) is 0 Å². The van der Waals surface area contributed by atoms with E-state index in [2.05, 4.69) is 23.7 Å². The van der Waals surface area contributed by atoms with Gasteiger partial charge in [-0.1, -0.05) is 11.6 Å². The molecule has 0 unspecified atom stereocenters. The average Bonchev–Trinajstić information content (AvgIpc) is 2.67. The summed E-state index contributed by atoms with van der Waals surface area (Å²) in [5, 5.41) is 3.55. The second-order valence-corrected chi connectivity index (χ2v) is 5.65. The molecule has 0 radical (unpaired) electrons. The predicted octanol–water partition coefficient (Wildman–Crippen LogP) is 4.59. The van der Waals surface area contributed by atoms with Crippen molar-refractivity contribution in [2.45, 2.75) is 33.7 Å². The molecule has 0 aliphatic heterocycles. The SMILES string of the molecule is Cc1cc(C(=O)Nc2ccc(Cl)cc2)c(C)n1C(C)C. The minimum absolute atomic E-state index is 0.0904. The van der Waals surface area contributed by atoms with Crippen LogP contribution in [0.15, 0.2) is 30.3 Å². The van der Waals surface area contributed by atoms with E-state index in [4.69, 9.17) is 11.6 Å². The Bertz CT molecular complexity index is 627. The van der Waals surface area contributed by atoms with Crippen LogP contribution in [-0.2, 0) is 0 Å². The molecule has 0 aliphatic carbocycles. The van der Waals surface area contributed by atoms with E-state index in [9.17, 15) is 4.79 Å². The number of amides is 1. The number of hydrogen-bond donors (Lipinski definition) is 1. The zero-order chi connectivity index (χ0) is 14.9. The Hall–Kier alpha value is -1.74. The van der Waals surface area contributed by atoms with Crippen molar-refractivity contribution in [3.05, 3.63) is 52.3 Å². The van der Waals surface area contributed by atoms with Crippen molar-refractivity contribution in [2.75, 3.05) is 5.32 Å². The highest BCUT2D eigenvalue weighted by atomic mass is 35.5. The minimum Gasteiger partial charge on any atom is -0.346 e. The van der Waals surface area contributed by atoms with Gasteiger partial charge in [-0.05, 0) is 58.0 Å². The molecule has 0 atom stereocenters. The van der Waals surface area contributed by atoms with Crippen molar-refractivity contribution in [1.29, 1.82) is 0 Å². The summed E-state index contributed by atoms with van der Waals surface area (Å²) in [7, 11) is 0. The van der Waals surface area contributed by atoms with Gasteiger partial charge in [-0.25, -0.2) is 0 Å². The van der Waals surface area contributed by atoms with Crippen LogP contribution in [0.2, 0.25) is 5.02 Å². The van der Waals surface area contributed by atoms with Gasteiger partial charge in [0.1, 0.15) is 0 Å². The summed E-state index contributed by atoms with van der Waals surface area (Å²) in [5.41, 5.74) is 3.54. The zero-order valence-electron chi connectivity index (χ0n) is 12.2. The molecule has 2 rings (SSSR count). The maximum Gasteiger partial charge on any atom is 0.257 e. The molecule has 20 heavy (non-hydrogen) atoms. The number of benzene rings is 1. The summed E-state index contributed by atoms with van der Waals surface area (Å²) in [4.78, 5) is 12.4. The molecule has 0 saturated carbocycles. The Labute approximate surface area is 124 Å². The van der Waals surface area contributed by atoms with Gasteiger partial charge in [0, 0.05) is 28.1 Å². The van der Waals surface area contributed by atoms with E-state index in [1.165, 1.54) is 0 Å². The third-order valence-electron chi connectivity index (χ3n) is 3.35. The van der Waals surface area contributed by atoms with Gasteiger partial charge in [-0.2, -0.15) is 0 Å². The number of hydrogen-bond acceptors (Lipinski definition) is 1. The monoisotopic (exact) mass is 290 g/mol. The first-order chi connectivity index (χ1) is 9.40. The predicted molar refractivity (Wildman–Crippen MR) is 83.7 cm³/mol. The molecule has 1 N–H and O–H groups in total. The molecular formula is C16H19ClN2O. The maximum atomic E-state index is 12.4. The maximum absolute atomic E-state index is 12.4. The van der Waals surface area contributed by atoms with Crippen LogP contribution in [-0.4, -0.2) is 10.5 Å². The van der Waals surface area contributed by atoms with Crippen LogP contribution in [0.1, 0.15) is 41.6 Å². The Kier molecular flexibility index (Phi) is 4.19. The van der Waals surface area contributed by atoms with Crippen molar-refractivity contribution in [3.8, 4) is 0 Å². The molecule has 0 fully saturated rings. The Morgan fingerprint density at radius 1 is 1.20 bits per heavy atom. The largest absolute Gasteiger partial charge is 0.346 e. The molecule has 3 nitrogen and oxygen atoms in total. The van der Waals surface area contributed by atoms with E-state index in [-0.39, 0.29) is 5.91 Å². The molecule has 0 aliphatic rings. The Morgan fingerprint density at radius 2 is 1.80 bits per heavy atom. The quantitative estimate of drug-likeness (QED) is 0.881. The second kappa shape index (κ2) is 5.71. The van der Waals surface area contributed by atoms with Crippen LogP contribution in [0, 0.1) is 13.8 Å². The number of anilines is 1. The van der Waals surface area contributed by atoms with Gasteiger partial charge in [0.2, 0.25) is 0 Å². The molecule has 0 spiro atoms. The van der Waals surface area contributed by atoms with Crippen molar-refractivity contribution >= 4 is 23.2 Å². The summed E-state index contributed by atoms with van der Waals surface area (Å²) < 4.78 is 2.16. The lowest BCUT2D eigenvalue weighted by atomic mass is 10.2. The number of carbonyl (C=O) groups excluding carboxylic acids is 1. The number of nitrogens with zero attached hydrogens (tertiary/aromatic N) is 1. The molecule has 0 bridgehead atoms. The molecule has 106 valence electrons. The van der Waals surface area contributed by atoms with Crippen molar-refractivity contribution in [3.63, 3.8) is 0 Å². The fraction of sp³-hybridized carbons (Fsp3) is 0.312. The molecule has 2 aromatic rings. The van der Waals surface area contributed by atoms with Crippen LogP contribution in [0.5, 0.6) is 0 Å². The van der Waals surface area contributed by atoms with Crippen molar-refractivity contribution in [1.82, 2.24) is 4.57 Å². The number of halogens is 1. The first-order valence-corrected chi connectivity index (χ1v) is 7.03. The number of aryl methyl sites for hydroxylation is 1. The smallest absolute Gasteiger partial charge is 0.257 e. The van der Waals surface area contributed by atoms with E-state index >= 15 is 0 Å². The van der Waals surface area contributed by atoms with Crippen LogP contribution >= 0.6 is 11.6 Å². The van der Waals surface area contributed by atoms with Gasteiger partial charge in [0.05, 0.1) is 5.56 Å². The molecule has 4 heteroatoms. The first kappa shape index (κ1) is 14.7. The van der Waals surface area contributed by atoms with E-state index in [0.29, 0.717) is 16.6 Å². The van der Waals surface area contributed by atoms with E-state index in [0.717, 1.165) is 17.1 Å². The number of aromatic nitrogens is 1. The van der Waals surface area contributed by atoms with Gasteiger partial charge < -0.3 is 9.88 Å². The molecule has 1 aromatic carbocycles. The topological polar surface area (TPSA) is 34.0 Å². The highest BCUT2D eigenvalue weighted by Crippen LogP contribution is 2.21. The number of carbonyl (C=O) groups is 1. The highest BCUT2D eigenvalue weighted by Gasteiger charge is 2.17. The average molecular weight is 291 g/mol. The summed E-state index contributed by atoms with van der Waals surface area (Å²) in [6, 6.07) is 9.38. The van der Waals surface area contributed by atoms with Gasteiger partial charge in [0.25, 0.3) is 5.91 Å². The van der Waals surface area contributed by atoms with Crippen molar-refractivity contribution < 1.29 is 4.79 Å². The van der Waals surface area contributed by atoms with Gasteiger partial charge in [-0.3, -0.25) is 4.79 Å². The number of nitrogens with one attached hydrogen (secondary N) is 1. The fourth-order valence-electron chi connectivity index (χ4n) is 2.53. The third kappa shape index (κ3) is 2.88. The lowest BCUT2D eigenvalue weighted by molar-refractivity contribution is 0.102. The third-order valence-corrected chi connectivity index (χ3v) is 3.60. The van der Waals surface area contributed by atoms with Crippen LogP contribution in [0.25, 0.3) is 0 Å². The summed E-state index contributed by atoms with van der Waals surface area (Å²) in [5.74, 6) is -0.0904. The van der Waals surface area contributed by atoms with E-state index < -0.39 is 0 Å². The highest BCUT2D eigenvalue weighted by molar-refractivity contribution is 6.30. The Balaban J connectivity index is 2.26. The summed E-state index contributed by atoms with van der Waals surface area (Å²) in [6.07, 6.45) is 0. The first-order valence-electron chi connectivity index (χ1n) is 6.65. The molecule has 0 saturated heterocycles. The molecule has 1 amide bonds. The van der Waals surface area contributed by atoms with E-state index in [1.54, 1.807) is 24.3 Å². The van der Waals surface area contributed by atoms with Gasteiger partial charge >= 0.3 is 0 Å². The molecular weight excluding hydrogens is 272 g/mol. The van der Waals surface area contributed by atoms with Crippen LogP contribution in [0.3, 0.4) is 0 Å². The lowest BCUT2D eigenvalue weighted by Gasteiger charge is -2.13. The standard InChI is InChI=1S/C16H19ClN2O/c1-10(2)19-11(3)9-15(12(19)4)16(20)18-14-7-5-13(17)6-8-14/h5-10H,1-4H3,(H,18,20). The Morgan fingerprint density at radius 3 is 2.30 bits per heavy atom. The van der Waals surface area contributed by atoms with Crippen LogP contribution in [0.4, 0.5) is 5.69 Å². The second-order valence-electron chi connectivity index (χ2n) is 5.21. The number of rotatable bonds is 3. The molecule has 1 aromatic heterocycles. The van der Waals surface area contributed by atoms with Gasteiger partial charge in [0.15, 0.2) is 0 Å². The lowest BCUT2D eigenvalue weighted by Crippen LogP contribution is -2.13. The minimum atomic E-state index is -0.0904. The summed E-state index contributed by atoms with van der Waals surface area (Å²) >= 11 is 5.83. The van der Waals surface area contributed by atoms with Gasteiger partial charge in [-0.15, -0.1) is 0 Å². The summed E-state index contributed by atoms with van der Waals surface area (Å²) in [6.45, 7) is 8.22. The zero-order valence-corrected chi connectivity index (χ0v) is 13.0. The van der Waals surface area contributed by atoms with E-state index in [1.807, 2.05) is 19.9 Å². The normalized spacial score (nSPS) is 10.9. The fourth-order valence-corrected chi connectivity index (χ4v) is 2.66.